The summed E-state index contributed by atoms with van der Waals surface area (Å²) in [5.74, 6) is -0.396. The van der Waals surface area contributed by atoms with Gasteiger partial charge in [-0.25, -0.2) is 0 Å². The molecular weight excluding hydrogens is 316 g/mol. The zero-order valence-electron chi connectivity index (χ0n) is 10.7. The van der Waals surface area contributed by atoms with Crippen molar-refractivity contribution >= 4 is 32.7 Å². The molecule has 1 heterocycles. The minimum absolute atomic E-state index is 0.396. The topological polar surface area (TPSA) is 56.0 Å². The molecule has 3 rings (SSSR count). The Morgan fingerprint density at radius 3 is 2.25 bits per heavy atom. The highest BCUT2D eigenvalue weighted by Gasteiger charge is 1.96. The van der Waals surface area contributed by atoms with Gasteiger partial charge >= 0.3 is 0 Å². The first-order valence-electron chi connectivity index (χ1n) is 6.02. The minimum atomic E-state index is -0.396. The third-order valence-corrected chi connectivity index (χ3v) is 3.17. The Bertz CT molecular complexity index is 646. The summed E-state index contributed by atoms with van der Waals surface area (Å²) in [4.78, 5) is 14.7. The largest absolute Gasteiger partial charge is 0.366 e. The van der Waals surface area contributed by atoms with Crippen LogP contribution in [0.2, 0.25) is 0 Å². The average molecular weight is 329 g/mol. The van der Waals surface area contributed by atoms with E-state index in [-0.39, 0.29) is 0 Å². The van der Waals surface area contributed by atoms with Gasteiger partial charge in [-0.05, 0) is 36.4 Å². The van der Waals surface area contributed by atoms with Crippen LogP contribution in [0.5, 0.6) is 0 Å². The molecule has 0 radical (unpaired) electrons. The van der Waals surface area contributed by atoms with E-state index in [2.05, 4.69) is 33.0 Å². The number of primary amides is 1. The predicted molar refractivity (Wildman–Crippen MR) is 84.4 cm³/mol. The van der Waals surface area contributed by atoms with Crippen molar-refractivity contribution in [3.8, 4) is 0 Å². The predicted octanol–water partition coefficient (Wildman–Crippen LogP) is 3.78. The first kappa shape index (κ1) is 14.2. The normalized spacial score (nSPS) is 9.65. The molecule has 0 aliphatic rings. The van der Waals surface area contributed by atoms with Crippen molar-refractivity contribution in [3.05, 3.63) is 76.9 Å². The van der Waals surface area contributed by atoms with Crippen molar-refractivity contribution in [2.45, 2.75) is 0 Å². The van der Waals surface area contributed by atoms with E-state index in [0.717, 1.165) is 9.99 Å². The maximum Gasteiger partial charge on any atom is 0.248 e. The standard InChI is InChI=1S/C9H7N.C7H6BrNO/c1-2-6-9-8(4-1)5-3-7-10-9;8-6-3-1-5(2-4-6)7(9)10/h1-7H;1-4H,(H2,9,10). The molecule has 0 aliphatic heterocycles. The average Bonchev–Trinajstić information content (AvgIpc) is 2.48. The van der Waals surface area contributed by atoms with Crippen LogP contribution in [0.25, 0.3) is 10.9 Å². The van der Waals surface area contributed by atoms with Crippen LogP contribution in [0, 0.1) is 0 Å². The van der Waals surface area contributed by atoms with Gasteiger partial charge in [0.1, 0.15) is 0 Å². The summed E-state index contributed by atoms with van der Waals surface area (Å²) in [7, 11) is 0. The van der Waals surface area contributed by atoms with Crippen LogP contribution in [-0.2, 0) is 0 Å². The molecule has 2 N–H and O–H groups in total. The van der Waals surface area contributed by atoms with E-state index in [1.165, 1.54) is 5.39 Å². The lowest BCUT2D eigenvalue weighted by atomic mass is 10.2. The molecule has 3 nitrogen and oxygen atoms in total. The Morgan fingerprint density at radius 2 is 1.60 bits per heavy atom. The van der Waals surface area contributed by atoms with Crippen LogP contribution in [0.15, 0.2) is 71.3 Å². The first-order chi connectivity index (χ1) is 9.66. The van der Waals surface area contributed by atoms with Crippen LogP contribution in [0.1, 0.15) is 10.4 Å². The van der Waals surface area contributed by atoms with Gasteiger partial charge in [-0.1, -0.05) is 40.2 Å². The van der Waals surface area contributed by atoms with E-state index in [4.69, 9.17) is 5.73 Å². The molecular formula is C16H13BrN2O. The fraction of sp³-hybridized carbons (Fsp3) is 0. The lowest BCUT2D eigenvalue weighted by molar-refractivity contribution is 0.100. The Labute approximate surface area is 125 Å². The lowest BCUT2D eigenvalue weighted by Crippen LogP contribution is -2.10. The highest BCUT2D eigenvalue weighted by Crippen LogP contribution is 2.09. The van der Waals surface area contributed by atoms with Crippen molar-refractivity contribution in [3.63, 3.8) is 0 Å². The number of carbonyl (C=O) groups is 1. The zero-order chi connectivity index (χ0) is 14.4. The fourth-order valence-electron chi connectivity index (χ4n) is 1.63. The molecule has 0 spiro atoms. The van der Waals surface area contributed by atoms with E-state index < -0.39 is 5.91 Å². The molecule has 0 unspecified atom stereocenters. The molecule has 0 aliphatic carbocycles. The van der Waals surface area contributed by atoms with Gasteiger partial charge in [-0.15, -0.1) is 0 Å². The molecule has 1 aromatic heterocycles. The highest BCUT2D eigenvalue weighted by molar-refractivity contribution is 9.10. The van der Waals surface area contributed by atoms with Crippen molar-refractivity contribution in [1.82, 2.24) is 4.98 Å². The number of carbonyl (C=O) groups excluding carboxylic acids is 1. The van der Waals surface area contributed by atoms with Crippen molar-refractivity contribution < 1.29 is 4.79 Å². The SMILES string of the molecule is NC(=O)c1ccc(Br)cc1.c1ccc2ncccc2c1. The fourth-order valence-corrected chi connectivity index (χ4v) is 1.89. The number of para-hydroxylation sites is 1. The summed E-state index contributed by atoms with van der Waals surface area (Å²) < 4.78 is 0.942. The van der Waals surface area contributed by atoms with Gasteiger partial charge in [0, 0.05) is 21.6 Å². The second-order valence-corrected chi connectivity index (χ2v) is 4.98. The van der Waals surface area contributed by atoms with E-state index in [1.54, 1.807) is 24.3 Å². The number of amides is 1. The lowest BCUT2D eigenvalue weighted by Gasteiger charge is -1.92. The second kappa shape index (κ2) is 6.82. The van der Waals surface area contributed by atoms with E-state index in [1.807, 2.05) is 30.5 Å². The summed E-state index contributed by atoms with van der Waals surface area (Å²) in [5, 5.41) is 1.20. The van der Waals surface area contributed by atoms with Gasteiger partial charge < -0.3 is 5.73 Å². The molecule has 0 saturated heterocycles. The van der Waals surface area contributed by atoms with E-state index in [9.17, 15) is 4.79 Å². The Morgan fingerprint density at radius 1 is 0.950 bits per heavy atom. The van der Waals surface area contributed by atoms with Gasteiger partial charge in [0.15, 0.2) is 0 Å². The van der Waals surface area contributed by atoms with Gasteiger partial charge in [-0.3, -0.25) is 9.78 Å². The number of nitrogens with two attached hydrogens (primary N) is 1. The maximum atomic E-state index is 10.5. The molecule has 0 atom stereocenters. The number of halogens is 1. The van der Waals surface area contributed by atoms with Crippen molar-refractivity contribution in [2.24, 2.45) is 5.73 Å². The van der Waals surface area contributed by atoms with E-state index >= 15 is 0 Å². The highest BCUT2D eigenvalue weighted by atomic mass is 79.9. The van der Waals surface area contributed by atoms with Crippen LogP contribution in [0.4, 0.5) is 0 Å². The summed E-state index contributed by atoms with van der Waals surface area (Å²) in [5.41, 5.74) is 6.60. The number of rotatable bonds is 1. The molecule has 0 saturated carbocycles. The number of fused-ring (bicyclic) bond motifs is 1. The molecule has 100 valence electrons. The van der Waals surface area contributed by atoms with Crippen LogP contribution in [0.3, 0.4) is 0 Å². The molecule has 1 amide bonds. The van der Waals surface area contributed by atoms with Gasteiger partial charge in [0.05, 0.1) is 5.52 Å². The van der Waals surface area contributed by atoms with Crippen LogP contribution in [-0.4, -0.2) is 10.9 Å². The summed E-state index contributed by atoms with van der Waals surface area (Å²) in [6, 6.07) is 19.0. The number of hydrogen-bond donors (Lipinski definition) is 1. The van der Waals surface area contributed by atoms with Gasteiger partial charge in [0.2, 0.25) is 5.91 Å². The molecule has 4 heteroatoms. The van der Waals surface area contributed by atoms with Crippen molar-refractivity contribution in [2.75, 3.05) is 0 Å². The monoisotopic (exact) mass is 328 g/mol. The third-order valence-electron chi connectivity index (χ3n) is 2.64. The number of benzene rings is 2. The molecule has 20 heavy (non-hydrogen) atoms. The quantitative estimate of drug-likeness (QED) is 0.739. The van der Waals surface area contributed by atoms with Gasteiger partial charge in [-0.2, -0.15) is 0 Å². The number of nitrogens with zero attached hydrogens (tertiary/aromatic N) is 1. The molecule has 0 fully saturated rings. The molecule has 0 bridgehead atoms. The zero-order valence-corrected chi connectivity index (χ0v) is 12.2. The second-order valence-electron chi connectivity index (χ2n) is 4.07. The molecule has 3 aromatic rings. The third kappa shape index (κ3) is 3.90. The molecule has 2 aromatic carbocycles. The Hall–Kier alpha value is -2.20. The Balaban J connectivity index is 0.000000147. The first-order valence-corrected chi connectivity index (χ1v) is 6.81. The van der Waals surface area contributed by atoms with Crippen molar-refractivity contribution in [1.29, 1.82) is 0 Å². The number of aromatic nitrogens is 1. The summed E-state index contributed by atoms with van der Waals surface area (Å²) >= 11 is 3.24. The Kier molecular flexibility index (Phi) is 4.85. The maximum absolute atomic E-state index is 10.5. The van der Waals surface area contributed by atoms with Gasteiger partial charge in [0.25, 0.3) is 0 Å². The van der Waals surface area contributed by atoms with E-state index in [0.29, 0.717) is 5.56 Å². The number of pyridine rings is 1. The smallest absolute Gasteiger partial charge is 0.248 e. The minimum Gasteiger partial charge on any atom is -0.366 e. The summed E-state index contributed by atoms with van der Waals surface area (Å²) in [6.07, 6.45) is 1.81. The number of hydrogen-bond acceptors (Lipinski definition) is 2. The van der Waals surface area contributed by atoms with Crippen LogP contribution >= 0.6 is 15.9 Å². The van der Waals surface area contributed by atoms with Crippen LogP contribution < -0.4 is 5.73 Å². The summed E-state index contributed by atoms with van der Waals surface area (Å²) in [6.45, 7) is 0.